The molecule has 0 fully saturated rings. The first kappa shape index (κ1) is 16.3. The maximum Gasteiger partial charge on any atom is 0.243 e. The molecule has 0 saturated heterocycles. The maximum atomic E-state index is 13.6. The van der Waals surface area contributed by atoms with E-state index in [4.69, 9.17) is 4.74 Å². The fourth-order valence-corrected chi connectivity index (χ4v) is 2.89. The molecule has 0 amide bonds. The molecule has 4 nitrogen and oxygen atoms in total. The van der Waals surface area contributed by atoms with Gasteiger partial charge in [-0.1, -0.05) is 18.2 Å². The molecule has 2 rings (SSSR count). The lowest BCUT2D eigenvalue weighted by Gasteiger charge is -2.11. The fourth-order valence-electron chi connectivity index (χ4n) is 1.82. The zero-order chi connectivity index (χ0) is 16.3. The van der Waals surface area contributed by atoms with Crippen molar-refractivity contribution in [1.29, 1.82) is 0 Å². The average molecular weight is 331 g/mol. The summed E-state index contributed by atoms with van der Waals surface area (Å²) >= 11 is 0. The van der Waals surface area contributed by atoms with Gasteiger partial charge in [0.25, 0.3) is 0 Å². The van der Waals surface area contributed by atoms with Gasteiger partial charge in [-0.3, -0.25) is 0 Å². The van der Waals surface area contributed by atoms with Crippen LogP contribution in [0.3, 0.4) is 0 Å². The van der Waals surface area contributed by atoms with E-state index in [-0.39, 0.29) is 6.54 Å². The van der Waals surface area contributed by atoms with Crippen LogP contribution in [0, 0.1) is 17.5 Å². The van der Waals surface area contributed by atoms with Gasteiger partial charge in [0.05, 0.1) is 7.11 Å². The SMILES string of the molecule is COc1ccccc1CNS(=O)(=O)c1ccc(F)c(F)c1F. The van der Waals surface area contributed by atoms with E-state index in [1.807, 2.05) is 0 Å². The van der Waals surface area contributed by atoms with E-state index < -0.39 is 32.4 Å². The van der Waals surface area contributed by atoms with Crippen LogP contribution < -0.4 is 9.46 Å². The molecule has 0 radical (unpaired) electrons. The molecule has 0 aliphatic heterocycles. The number of nitrogens with one attached hydrogen (secondary N) is 1. The number of methoxy groups -OCH3 is 1. The van der Waals surface area contributed by atoms with E-state index in [9.17, 15) is 21.6 Å². The molecule has 2 aromatic carbocycles. The molecule has 0 aliphatic carbocycles. The smallest absolute Gasteiger partial charge is 0.243 e. The van der Waals surface area contributed by atoms with Crippen molar-refractivity contribution in [2.24, 2.45) is 0 Å². The summed E-state index contributed by atoms with van der Waals surface area (Å²) in [5, 5.41) is 0. The summed E-state index contributed by atoms with van der Waals surface area (Å²) in [6, 6.07) is 7.83. The molecule has 0 atom stereocenters. The van der Waals surface area contributed by atoms with Crippen molar-refractivity contribution in [3.05, 3.63) is 59.4 Å². The molecule has 8 heteroatoms. The van der Waals surface area contributed by atoms with Crippen molar-refractivity contribution in [2.45, 2.75) is 11.4 Å². The van der Waals surface area contributed by atoms with Gasteiger partial charge < -0.3 is 4.74 Å². The van der Waals surface area contributed by atoms with Gasteiger partial charge in [0.15, 0.2) is 17.5 Å². The summed E-state index contributed by atoms with van der Waals surface area (Å²) in [6.45, 7) is -0.190. The van der Waals surface area contributed by atoms with Crippen LogP contribution in [0.2, 0.25) is 0 Å². The molecule has 0 aromatic heterocycles. The van der Waals surface area contributed by atoms with Crippen molar-refractivity contribution in [1.82, 2.24) is 4.72 Å². The van der Waals surface area contributed by atoms with Gasteiger partial charge in [0, 0.05) is 12.1 Å². The second-order valence-electron chi connectivity index (χ2n) is 4.31. The summed E-state index contributed by atoms with van der Waals surface area (Å²) in [4.78, 5) is -0.957. The van der Waals surface area contributed by atoms with Gasteiger partial charge >= 0.3 is 0 Å². The minimum Gasteiger partial charge on any atom is -0.496 e. The molecule has 0 unspecified atom stereocenters. The number of sulfonamides is 1. The highest BCUT2D eigenvalue weighted by atomic mass is 32.2. The molecule has 1 N–H and O–H groups in total. The monoisotopic (exact) mass is 331 g/mol. The lowest BCUT2D eigenvalue weighted by atomic mass is 10.2. The molecule has 0 heterocycles. The zero-order valence-corrected chi connectivity index (χ0v) is 12.3. The first-order chi connectivity index (χ1) is 10.4. The Morgan fingerprint density at radius 3 is 2.41 bits per heavy atom. The number of benzene rings is 2. The third-order valence-corrected chi connectivity index (χ3v) is 4.35. The van der Waals surface area contributed by atoms with Crippen LogP contribution in [0.25, 0.3) is 0 Å². The van der Waals surface area contributed by atoms with E-state index >= 15 is 0 Å². The van der Waals surface area contributed by atoms with Gasteiger partial charge in [-0.05, 0) is 18.2 Å². The van der Waals surface area contributed by atoms with Crippen molar-refractivity contribution >= 4 is 10.0 Å². The molecular weight excluding hydrogens is 319 g/mol. The number of ether oxygens (including phenoxy) is 1. The highest BCUT2D eigenvalue weighted by Gasteiger charge is 2.24. The van der Waals surface area contributed by atoms with Gasteiger partial charge in [0.1, 0.15) is 10.6 Å². The molecule has 2 aromatic rings. The lowest BCUT2D eigenvalue weighted by molar-refractivity contribution is 0.409. The van der Waals surface area contributed by atoms with Crippen molar-refractivity contribution in [3.8, 4) is 5.75 Å². The number of rotatable bonds is 5. The highest BCUT2D eigenvalue weighted by molar-refractivity contribution is 7.89. The zero-order valence-electron chi connectivity index (χ0n) is 11.4. The largest absolute Gasteiger partial charge is 0.496 e. The van der Waals surface area contributed by atoms with Crippen LogP contribution in [-0.2, 0) is 16.6 Å². The van der Waals surface area contributed by atoms with Gasteiger partial charge in [-0.25, -0.2) is 26.3 Å². The van der Waals surface area contributed by atoms with E-state index in [2.05, 4.69) is 4.72 Å². The highest BCUT2D eigenvalue weighted by Crippen LogP contribution is 2.21. The standard InChI is InChI=1S/C14H12F3NO3S/c1-21-11-5-3-2-4-9(11)8-18-22(19,20)12-7-6-10(15)13(16)14(12)17/h2-7,18H,8H2,1H3. The van der Waals surface area contributed by atoms with Crippen molar-refractivity contribution in [3.63, 3.8) is 0 Å². The third-order valence-electron chi connectivity index (χ3n) is 2.93. The summed E-state index contributed by atoms with van der Waals surface area (Å²) in [5.74, 6) is -4.61. The van der Waals surface area contributed by atoms with Crippen LogP contribution in [0.4, 0.5) is 13.2 Å². The fraction of sp³-hybridized carbons (Fsp3) is 0.143. The predicted molar refractivity (Wildman–Crippen MR) is 73.3 cm³/mol. The minimum absolute atomic E-state index is 0.190. The quantitative estimate of drug-likeness (QED) is 0.857. The van der Waals surface area contributed by atoms with Crippen LogP contribution in [0.1, 0.15) is 5.56 Å². The first-order valence-electron chi connectivity index (χ1n) is 6.12. The maximum absolute atomic E-state index is 13.6. The van der Waals surface area contributed by atoms with E-state index in [1.54, 1.807) is 24.3 Å². The predicted octanol–water partition coefficient (Wildman–Crippen LogP) is 2.59. The second kappa shape index (κ2) is 6.37. The van der Waals surface area contributed by atoms with Crippen molar-refractivity contribution < 1.29 is 26.3 Å². The Hall–Kier alpha value is -2.06. The van der Waals surface area contributed by atoms with Crippen LogP contribution in [0.15, 0.2) is 41.3 Å². The number of hydrogen-bond acceptors (Lipinski definition) is 3. The number of hydrogen-bond donors (Lipinski definition) is 1. The average Bonchev–Trinajstić information content (AvgIpc) is 2.50. The van der Waals surface area contributed by atoms with Crippen LogP contribution in [-0.4, -0.2) is 15.5 Å². The van der Waals surface area contributed by atoms with Gasteiger partial charge in [0.2, 0.25) is 10.0 Å². The molecule has 0 aliphatic rings. The number of para-hydroxylation sites is 1. The lowest BCUT2D eigenvalue weighted by Crippen LogP contribution is -2.25. The topological polar surface area (TPSA) is 55.4 Å². The summed E-state index contributed by atoms with van der Waals surface area (Å²) < 4.78 is 70.8. The Morgan fingerprint density at radius 1 is 1.05 bits per heavy atom. The van der Waals surface area contributed by atoms with E-state index in [0.717, 1.165) is 0 Å². The molecular formula is C14H12F3NO3S. The molecule has 0 bridgehead atoms. The molecule has 0 saturated carbocycles. The summed E-state index contributed by atoms with van der Waals surface area (Å²) in [7, 11) is -2.92. The molecule has 0 spiro atoms. The normalized spacial score (nSPS) is 11.5. The molecule has 22 heavy (non-hydrogen) atoms. The van der Waals surface area contributed by atoms with E-state index in [0.29, 0.717) is 23.4 Å². The van der Waals surface area contributed by atoms with Gasteiger partial charge in [-0.15, -0.1) is 0 Å². The second-order valence-corrected chi connectivity index (χ2v) is 6.05. The summed E-state index contributed by atoms with van der Waals surface area (Å²) in [5.41, 5.74) is 0.511. The Bertz CT molecular complexity index is 794. The molecule has 118 valence electrons. The third kappa shape index (κ3) is 3.23. The van der Waals surface area contributed by atoms with Gasteiger partial charge in [-0.2, -0.15) is 0 Å². The Kier molecular flexibility index (Phi) is 4.72. The summed E-state index contributed by atoms with van der Waals surface area (Å²) in [6.07, 6.45) is 0. The van der Waals surface area contributed by atoms with Crippen LogP contribution >= 0.6 is 0 Å². The van der Waals surface area contributed by atoms with E-state index in [1.165, 1.54) is 7.11 Å². The Morgan fingerprint density at radius 2 is 1.73 bits per heavy atom. The minimum atomic E-state index is -4.34. The number of halogens is 3. The Balaban J connectivity index is 2.27. The Labute approximate surface area is 125 Å². The van der Waals surface area contributed by atoms with Crippen molar-refractivity contribution in [2.75, 3.05) is 7.11 Å². The van der Waals surface area contributed by atoms with Crippen LogP contribution in [0.5, 0.6) is 5.75 Å². The first-order valence-corrected chi connectivity index (χ1v) is 7.60.